The van der Waals surface area contributed by atoms with E-state index in [-0.39, 0.29) is 5.75 Å². The summed E-state index contributed by atoms with van der Waals surface area (Å²) < 4.78 is 0. The molecule has 4 heteroatoms. The van der Waals surface area contributed by atoms with Crippen LogP contribution in [0.5, 0.6) is 5.75 Å². The molecule has 3 aromatic rings. The highest BCUT2D eigenvalue weighted by molar-refractivity contribution is 6.30. The van der Waals surface area contributed by atoms with Crippen LogP contribution in [0.2, 0.25) is 5.02 Å². The smallest absolute Gasteiger partial charge is 0.141 e. The second-order valence-electron chi connectivity index (χ2n) is 5.38. The zero-order chi connectivity index (χ0) is 16.9. The van der Waals surface area contributed by atoms with Crippen LogP contribution in [0.3, 0.4) is 0 Å². The van der Waals surface area contributed by atoms with Crippen molar-refractivity contribution in [2.45, 2.75) is 0 Å². The van der Waals surface area contributed by atoms with Gasteiger partial charge in [0.05, 0.1) is 0 Å². The zero-order valence-corrected chi connectivity index (χ0v) is 14.0. The first-order valence-electron chi connectivity index (χ1n) is 7.55. The van der Waals surface area contributed by atoms with Crippen molar-refractivity contribution in [3.8, 4) is 5.75 Å². The molecule has 0 fully saturated rings. The molecule has 3 rings (SSSR count). The van der Waals surface area contributed by atoms with Crippen molar-refractivity contribution in [2.24, 2.45) is 4.99 Å². The van der Waals surface area contributed by atoms with Gasteiger partial charge in [0.25, 0.3) is 0 Å². The monoisotopic (exact) mass is 336 g/mol. The summed E-state index contributed by atoms with van der Waals surface area (Å²) >= 11 is 5.92. The second-order valence-corrected chi connectivity index (χ2v) is 5.81. The Morgan fingerprint density at radius 3 is 2.29 bits per heavy atom. The third kappa shape index (κ3) is 3.76. The highest BCUT2D eigenvalue weighted by Gasteiger charge is 2.03. The summed E-state index contributed by atoms with van der Waals surface area (Å²) in [5.41, 5.74) is 3.61. The molecule has 24 heavy (non-hydrogen) atoms. The minimum Gasteiger partial charge on any atom is -0.506 e. The number of phenols is 1. The normalized spacial score (nSPS) is 10.9. The topological polar surface area (TPSA) is 35.8 Å². The molecule has 3 nitrogen and oxygen atoms in total. The number of halogens is 1. The lowest BCUT2D eigenvalue weighted by Crippen LogP contribution is -2.08. The van der Waals surface area contributed by atoms with Gasteiger partial charge in [0.2, 0.25) is 0 Å². The molecule has 0 spiro atoms. The van der Waals surface area contributed by atoms with E-state index in [9.17, 15) is 5.11 Å². The Bertz CT molecular complexity index is 845. The van der Waals surface area contributed by atoms with Gasteiger partial charge < -0.3 is 10.0 Å². The fourth-order valence-corrected chi connectivity index (χ4v) is 2.50. The average Bonchev–Trinajstić information content (AvgIpc) is 2.63. The Morgan fingerprint density at radius 2 is 1.58 bits per heavy atom. The second kappa shape index (κ2) is 7.20. The van der Waals surface area contributed by atoms with Crippen molar-refractivity contribution in [3.05, 3.63) is 83.4 Å². The molecule has 0 heterocycles. The van der Waals surface area contributed by atoms with Crippen LogP contribution in [0, 0.1) is 0 Å². The summed E-state index contributed by atoms with van der Waals surface area (Å²) in [6, 6.07) is 23.0. The first kappa shape index (κ1) is 16.1. The summed E-state index contributed by atoms with van der Waals surface area (Å²) in [5.74, 6) is 0.107. The molecule has 0 saturated heterocycles. The number of phenolic OH excluding ortho intramolecular Hbond substituents is 1. The standard InChI is InChI=1S/C20H17ClN2O/c1-23(17-5-3-2-4-6-17)18-10-7-15(8-11-18)14-22-19-13-16(21)9-12-20(19)24/h2-14,24H,1H3. The van der Waals surface area contributed by atoms with E-state index in [2.05, 4.69) is 22.0 Å². The molecule has 0 saturated carbocycles. The highest BCUT2D eigenvalue weighted by atomic mass is 35.5. The molecule has 120 valence electrons. The van der Waals surface area contributed by atoms with Gasteiger partial charge in [0, 0.05) is 29.7 Å². The van der Waals surface area contributed by atoms with Gasteiger partial charge in [-0.2, -0.15) is 0 Å². The molecule has 0 amide bonds. The Labute approximate surface area is 146 Å². The number of rotatable bonds is 4. The summed E-state index contributed by atoms with van der Waals surface area (Å²) in [7, 11) is 2.03. The number of aromatic hydroxyl groups is 1. The molecule has 0 radical (unpaired) electrons. The fourth-order valence-electron chi connectivity index (χ4n) is 2.33. The van der Waals surface area contributed by atoms with E-state index in [0.717, 1.165) is 16.9 Å². The minimum absolute atomic E-state index is 0.107. The van der Waals surface area contributed by atoms with Crippen LogP contribution < -0.4 is 4.90 Å². The maximum atomic E-state index is 9.78. The molecule has 0 aliphatic heterocycles. The number of hydrogen-bond acceptors (Lipinski definition) is 3. The van der Waals surface area contributed by atoms with E-state index in [4.69, 9.17) is 11.6 Å². The van der Waals surface area contributed by atoms with Gasteiger partial charge in [-0.3, -0.25) is 4.99 Å². The summed E-state index contributed by atoms with van der Waals surface area (Å²) in [5, 5.41) is 10.3. The van der Waals surface area contributed by atoms with Gasteiger partial charge >= 0.3 is 0 Å². The van der Waals surface area contributed by atoms with Crippen LogP contribution in [-0.4, -0.2) is 18.4 Å². The first-order chi connectivity index (χ1) is 11.6. The van der Waals surface area contributed by atoms with Gasteiger partial charge in [0.1, 0.15) is 11.4 Å². The largest absolute Gasteiger partial charge is 0.506 e. The zero-order valence-electron chi connectivity index (χ0n) is 13.2. The van der Waals surface area contributed by atoms with Crippen molar-refractivity contribution < 1.29 is 5.11 Å². The third-order valence-electron chi connectivity index (χ3n) is 3.71. The maximum Gasteiger partial charge on any atom is 0.141 e. The van der Waals surface area contributed by atoms with Gasteiger partial charge in [-0.15, -0.1) is 0 Å². The number of aliphatic imine (C=N–C) groups is 1. The first-order valence-corrected chi connectivity index (χ1v) is 7.93. The third-order valence-corrected chi connectivity index (χ3v) is 3.95. The predicted molar refractivity (Wildman–Crippen MR) is 101 cm³/mol. The minimum atomic E-state index is 0.107. The van der Waals surface area contributed by atoms with E-state index in [1.807, 2.05) is 49.5 Å². The number of anilines is 2. The van der Waals surface area contributed by atoms with Crippen molar-refractivity contribution in [3.63, 3.8) is 0 Å². The van der Waals surface area contributed by atoms with Crippen LogP contribution in [-0.2, 0) is 0 Å². The molecule has 0 unspecified atom stereocenters. The molecule has 0 aliphatic rings. The van der Waals surface area contributed by atoms with E-state index >= 15 is 0 Å². The Hall–Kier alpha value is -2.78. The Kier molecular flexibility index (Phi) is 4.82. The number of nitrogens with zero attached hydrogens (tertiary/aromatic N) is 2. The van der Waals surface area contributed by atoms with Gasteiger partial charge in [-0.05, 0) is 48.0 Å². The van der Waals surface area contributed by atoms with Crippen molar-refractivity contribution in [1.29, 1.82) is 0 Å². The Balaban J connectivity index is 1.77. The average molecular weight is 337 g/mol. The molecule has 0 atom stereocenters. The molecule has 0 aliphatic carbocycles. The highest BCUT2D eigenvalue weighted by Crippen LogP contribution is 2.29. The SMILES string of the molecule is CN(c1ccccc1)c1ccc(C=Nc2cc(Cl)ccc2O)cc1. The quantitative estimate of drug-likeness (QED) is 0.633. The van der Waals surface area contributed by atoms with E-state index < -0.39 is 0 Å². The van der Waals surface area contributed by atoms with Crippen LogP contribution in [0.1, 0.15) is 5.56 Å². The number of benzene rings is 3. The lowest BCUT2D eigenvalue weighted by atomic mass is 10.2. The predicted octanol–water partition coefficient (Wildman–Crippen LogP) is 5.56. The molecule has 1 N–H and O–H groups in total. The van der Waals surface area contributed by atoms with Crippen LogP contribution in [0.4, 0.5) is 17.1 Å². The van der Waals surface area contributed by atoms with E-state index in [1.54, 1.807) is 18.3 Å². The van der Waals surface area contributed by atoms with Crippen molar-refractivity contribution in [1.82, 2.24) is 0 Å². The van der Waals surface area contributed by atoms with E-state index in [1.165, 1.54) is 6.07 Å². The maximum absolute atomic E-state index is 9.78. The van der Waals surface area contributed by atoms with Crippen LogP contribution >= 0.6 is 11.6 Å². The van der Waals surface area contributed by atoms with Gasteiger partial charge in [-0.1, -0.05) is 41.9 Å². The lowest BCUT2D eigenvalue weighted by Gasteiger charge is -2.19. The van der Waals surface area contributed by atoms with Gasteiger partial charge in [0.15, 0.2) is 0 Å². The molecular weight excluding hydrogens is 320 g/mol. The molecule has 0 aromatic heterocycles. The molecule has 3 aromatic carbocycles. The molecule has 0 bridgehead atoms. The number of hydrogen-bond donors (Lipinski definition) is 1. The summed E-state index contributed by atoms with van der Waals surface area (Å²) in [6.07, 6.45) is 1.71. The summed E-state index contributed by atoms with van der Waals surface area (Å²) in [4.78, 5) is 6.41. The Morgan fingerprint density at radius 1 is 0.917 bits per heavy atom. The van der Waals surface area contributed by atoms with Crippen molar-refractivity contribution in [2.75, 3.05) is 11.9 Å². The molecular formula is C20H17ClN2O. The lowest BCUT2D eigenvalue weighted by molar-refractivity contribution is 0.477. The summed E-state index contributed by atoms with van der Waals surface area (Å²) in [6.45, 7) is 0. The van der Waals surface area contributed by atoms with Crippen molar-refractivity contribution >= 4 is 34.9 Å². The van der Waals surface area contributed by atoms with E-state index in [0.29, 0.717) is 10.7 Å². The number of para-hydroxylation sites is 1. The van der Waals surface area contributed by atoms with Crippen LogP contribution in [0.25, 0.3) is 0 Å². The fraction of sp³-hybridized carbons (Fsp3) is 0.0500. The van der Waals surface area contributed by atoms with Gasteiger partial charge in [-0.25, -0.2) is 0 Å². The van der Waals surface area contributed by atoms with Crippen LogP contribution in [0.15, 0.2) is 77.8 Å².